The van der Waals surface area contributed by atoms with E-state index in [0.717, 1.165) is 19.0 Å². The Morgan fingerprint density at radius 2 is 2.04 bits per heavy atom. The van der Waals surface area contributed by atoms with Crippen molar-refractivity contribution in [3.8, 4) is 0 Å². The van der Waals surface area contributed by atoms with Crippen molar-refractivity contribution in [2.45, 2.75) is 25.2 Å². The summed E-state index contributed by atoms with van der Waals surface area (Å²) in [6, 6.07) is 8.99. The molecule has 0 saturated heterocycles. The van der Waals surface area contributed by atoms with Crippen molar-refractivity contribution < 1.29 is 18.0 Å². The molecule has 5 nitrogen and oxygen atoms in total. The summed E-state index contributed by atoms with van der Waals surface area (Å²) in [5.74, 6) is -0.529. The first kappa shape index (κ1) is 17.5. The summed E-state index contributed by atoms with van der Waals surface area (Å²) in [6.07, 6.45) is -3.75. The quantitative estimate of drug-likeness (QED) is 0.924. The van der Waals surface area contributed by atoms with E-state index in [1.165, 1.54) is 16.0 Å². The largest absolute Gasteiger partial charge is 0.432 e. The van der Waals surface area contributed by atoms with Crippen molar-refractivity contribution in [2.24, 2.45) is 0 Å². The van der Waals surface area contributed by atoms with Crippen LogP contribution in [0.4, 0.5) is 13.2 Å². The van der Waals surface area contributed by atoms with Gasteiger partial charge >= 0.3 is 6.18 Å². The Balaban J connectivity index is 1.69. The molecule has 0 spiro atoms. The van der Waals surface area contributed by atoms with Gasteiger partial charge in [-0.15, -0.1) is 0 Å². The van der Waals surface area contributed by atoms with Gasteiger partial charge in [-0.2, -0.15) is 18.3 Å². The molecule has 1 aliphatic heterocycles. The van der Waals surface area contributed by atoms with Crippen LogP contribution in [0.25, 0.3) is 0 Å². The zero-order valence-electron chi connectivity index (χ0n) is 14.0. The molecule has 0 saturated carbocycles. The van der Waals surface area contributed by atoms with Crippen LogP contribution in [0.2, 0.25) is 0 Å². The summed E-state index contributed by atoms with van der Waals surface area (Å²) in [6.45, 7) is 1.20. The number of aromatic nitrogens is 2. The number of hydrogen-bond donors (Lipinski definition) is 1. The topological polar surface area (TPSA) is 52.2 Å². The standard InChI is InChI=1S/C17H19F3N4O/c1-23-9-12-6-4-3-5-11(12)7-13(23)10-24(2)16(25)14-8-15(22-21-14)17(18,19)20/h3-6,8,13H,7,9-10H2,1-2H3,(H,21,22)/t13-/m0/s1. The number of nitrogens with one attached hydrogen (secondary N) is 1. The van der Waals surface area contributed by atoms with Crippen molar-refractivity contribution in [3.05, 3.63) is 52.8 Å². The third-order valence-corrected chi connectivity index (χ3v) is 4.55. The number of aromatic amines is 1. The van der Waals surface area contributed by atoms with E-state index in [1.54, 1.807) is 7.05 Å². The lowest BCUT2D eigenvalue weighted by Gasteiger charge is -2.36. The number of benzene rings is 1. The third-order valence-electron chi connectivity index (χ3n) is 4.55. The number of likely N-dealkylation sites (N-methyl/N-ethyl adjacent to an activating group) is 2. The van der Waals surface area contributed by atoms with Gasteiger partial charge in [-0.3, -0.25) is 14.8 Å². The summed E-state index contributed by atoms with van der Waals surface area (Å²) in [5, 5.41) is 5.38. The Bertz CT molecular complexity index is 771. The lowest BCUT2D eigenvalue weighted by molar-refractivity contribution is -0.141. The average molecular weight is 352 g/mol. The van der Waals surface area contributed by atoms with Crippen LogP contribution in [0.3, 0.4) is 0 Å². The van der Waals surface area contributed by atoms with E-state index < -0.39 is 17.8 Å². The zero-order valence-corrected chi connectivity index (χ0v) is 14.0. The van der Waals surface area contributed by atoms with Gasteiger partial charge in [0.25, 0.3) is 5.91 Å². The molecular weight excluding hydrogens is 333 g/mol. The minimum atomic E-state index is -4.54. The molecule has 0 unspecified atom stereocenters. The van der Waals surface area contributed by atoms with Crippen LogP contribution in [0.1, 0.15) is 27.3 Å². The second kappa shape index (κ2) is 6.51. The van der Waals surface area contributed by atoms with Gasteiger partial charge in [-0.25, -0.2) is 0 Å². The summed E-state index contributed by atoms with van der Waals surface area (Å²) in [4.78, 5) is 15.9. The highest BCUT2D eigenvalue weighted by molar-refractivity contribution is 5.92. The number of fused-ring (bicyclic) bond motifs is 1. The highest BCUT2D eigenvalue weighted by Gasteiger charge is 2.34. The molecule has 0 aliphatic carbocycles. The summed E-state index contributed by atoms with van der Waals surface area (Å²) < 4.78 is 37.9. The maximum atomic E-state index is 12.6. The maximum absolute atomic E-state index is 12.6. The molecule has 1 aromatic carbocycles. The van der Waals surface area contributed by atoms with Crippen molar-refractivity contribution >= 4 is 5.91 Å². The molecule has 3 rings (SSSR count). The van der Waals surface area contributed by atoms with Gasteiger partial charge in [0.1, 0.15) is 5.69 Å². The Hall–Kier alpha value is -2.35. The number of nitrogens with zero attached hydrogens (tertiary/aromatic N) is 3. The number of alkyl halides is 3. The molecule has 25 heavy (non-hydrogen) atoms. The summed E-state index contributed by atoms with van der Waals surface area (Å²) in [5.41, 5.74) is 1.25. The van der Waals surface area contributed by atoms with Gasteiger partial charge in [-0.05, 0) is 24.6 Å². The van der Waals surface area contributed by atoms with E-state index in [2.05, 4.69) is 22.1 Å². The van der Waals surface area contributed by atoms with Crippen LogP contribution in [0.15, 0.2) is 30.3 Å². The Morgan fingerprint density at radius 3 is 2.68 bits per heavy atom. The summed E-state index contributed by atoms with van der Waals surface area (Å²) >= 11 is 0. The molecule has 2 aromatic rings. The first-order valence-electron chi connectivity index (χ1n) is 7.91. The van der Waals surface area contributed by atoms with Gasteiger partial charge in [-0.1, -0.05) is 24.3 Å². The summed E-state index contributed by atoms with van der Waals surface area (Å²) in [7, 11) is 3.56. The Labute approximate surface area is 143 Å². The molecule has 1 aromatic heterocycles. The molecular formula is C17H19F3N4O. The molecule has 0 fully saturated rings. The van der Waals surface area contributed by atoms with Gasteiger partial charge < -0.3 is 4.90 Å². The normalized spacial score (nSPS) is 18.0. The van der Waals surface area contributed by atoms with Gasteiger partial charge in [0.2, 0.25) is 0 Å². The number of halogens is 3. The fraction of sp³-hybridized carbons (Fsp3) is 0.412. The average Bonchev–Trinajstić information content (AvgIpc) is 3.05. The van der Waals surface area contributed by atoms with Gasteiger partial charge in [0, 0.05) is 32.2 Å². The van der Waals surface area contributed by atoms with Crippen molar-refractivity contribution in [3.63, 3.8) is 0 Å². The van der Waals surface area contributed by atoms with E-state index in [9.17, 15) is 18.0 Å². The zero-order chi connectivity index (χ0) is 18.2. The smallest absolute Gasteiger partial charge is 0.339 e. The van der Waals surface area contributed by atoms with Gasteiger partial charge in [0.05, 0.1) is 0 Å². The van der Waals surface area contributed by atoms with Crippen LogP contribution in [0.5, 0.6) is 0 Å². The molecule has 1 aliphatic rings. The number of rotatable bonds is 3. The molecule has 1 amide bonds. The number of amides is 1. The fourth-order valence-electron chi connectivity index (χ4n) is 3.09. The second-order valence-corrected chi connectivity index (χ2v) is 6.39. The van der Waals surface area contributed by atoms with Gasteiger partial charge in [0.15, 0.2) is 5.69 Å². The van der Waals surface area contributed by atoms with Crippen LogP contribution >= 0.6 is 0 Å². The van der Waals surface area contributed by atoms with Crippen molar-refractivity contribution in [1.29, 1.82) is 0 Å². The highest BCUT2D eigenvalue weighted by Crippen LogP contribution is 2.28. The molecule has 2 heterocycles. The number of hydrogen-bond acceptors (Lipinski definition) is 3. The minimum absolute atomic E-state index is 0.102. The third kappa shape index (κ3) is 3.68. The van der Waals surface area contributed by atoms with Crippen LogP contribution in [0, 0.1) is 0 Å². The molecule has 0 radical (unpaired) electrons. The van der Waals surface area contributed by atoms with E-state index in [1.807, 2.05) is 24.3 Å². The predicted molar refractivity (Wildman–Crippen MR) is 86.0 cm³/mol. The van der Waals surface area contributed by atoms with Crippen molar-refractivity contribution in [2.75, 3.05) is 20.6 Å². The molecule has 0 bridgehead atoms. The molecule has 8 heteroatoms. The lowest BCUT2D eigenvalue weighted by atomic mass is 9.94. The molecule has 134 valence electrons. The van der Waals surface area contributed by atoms with E-state index in [4.69, 9.17) is 0 Å². The molecule has 1 atom stereocenters. The SMILES string of the molecule is CN(C[C@@H]1Cc2ccccc2CN1C)C(=O)c1cc(C(F)(F)F)[nH]n1. The van der Waals surface area contributed by atoms with Crippen LogP contribution in [-0.4, -0.2) is 52.6 Å². The minimum Gasteiger partial charge on any atom is -0.339 e. The predicted octanol–water partition coefficient (Wildman–Crippen LogP) is 2.56. The first-order valence-corrected chi connectivity index (χ1v) is 7.91. The van der Waals surface area contributed by atoms with E-state index in [-0.39, 0.29) is 11.7 Å². The fourth-order valence-corrected chi connectivity index (χ4v) is 3.09. The van der Waals surface area contributed by atoms with E-state index in [0.29, 0.717) is 6.54 Å². The number of carbonyl (C=O) groups excluding carboxylic acids is 1. The first-order chi connectivity index (χ1) is 11.8. The number of H-pyrrole nitrogens is 1. The van der Waals surface area contributed by atoms with Crippen LogP contribution < -0.4 is 0 Å². The number of carbonyl (C=O) groups is 1. The van der Waals surface area contributed by atoms with Crippen LogP contribution in [-0.2, 0) is 19.1 Å². The Kier molecular flexibility index (Phi) is 4.55. The van der Waals surface area contributed by atoms with Crippen molar-refractivity contribution in [1.82, 2.24) is 20.0 Å². The highest BCUT2D eigenvalue weighted by atomic mass is 19.4. The monoisotopic (exact) mass is 352 g/mol. The lowest BCUT2D eigenvalue weighted by Crippen LogP contribution is -2.46. The maximum Gasteiger partial charge on any atom is 0.432 e. The molecule has 1 N–H and O–H groups in total. The second-order valence-electron chi connectivity index (χ2n) is 6.39. The van der Waals surface area contributed by atoms with E-state index >= 15 is 0 Å². The Morgan fingerprint density at radius 1 is 1.36 bits per heavy atom.